The number of likely N-dealkylation sites (tertiary alicyclic amines) is 1. The number of carbonyl (C=O) groups is 1. The molecule has 1 aliphatic carbocycles. The molecule has 0 spiro atoms. The van der Waals surface area contributed by atoms with Crippen molar-refractivity contribution in [3.63, 3.8) is 0 Å². The second kappa shape index (κ2) is 8.16. The van der Waals surface area contributed by atoms with Crippen molar-refractivity contribution in [3.8, 4) is 11.1 Å². The molecular formula is C26H26N2O3. The van der Waals surface area contributed by atoms with Crippen molar-refractivity contribution in [1.29, 1.82) is 0 Å². The molecule has 158 valence electrons. The summed E-state index contributed by atoms with van der Waals surface area (Å²) >= 11 is 0. The first kappa shape index (κ1) is 19.8. The van der Waals surface area contributed by atoms with E-state index in [1.165, 1.54) is 22.3 Å². The summed E-state index contributed by atoms with van der Waals surface area (Å²) in [6, 6.07) is 22.4. The van der Waals surface area contributed by atoms with E-state index in [4.69, 9.17) is 4.74 Å². The maximum absolute atomic E-state index is 12.8. The molecule has 5 heteroatoms. The van der Waals surface area contributed by atoms with Crippen LogP contribution in [0, 0.1) is 0 Å². The highest BCUT2D eigenvalue weighted by Crippen LogP contribution is 2.44. The summed E-state index contributed by atoms with van der Waals surface area (Å²) < 4.78 is 5.76. The zero-order valence-electron chi connectivity index (χ0n) is 17.4. The lowest BCUT2D eigenvalue weighted by Crippen LogP contribution is -2.48. The molecule has 1 aliphatic heterocycles. The second-order valence-electron chi connectivity index (χ2n) is 8.51. The molecule has 1 fully saturated rings. The predicted octanol–water partition coefficient (Wildman–Crippen LogP) is 4.40. The van der Waals surface area contributed by atoms with E-state index in [9.17, 15) is 9.90 Å². The smallest absolute Gasteiger partial charge is 0.409 e. The van der Waals surface area contributed by atoms with E-state index in [0.717, 1.165) is 5.69 Å². The average molecular weight is 415 g/mol. The van der Waals surface area contributed by atoms with Gasteiger partial charge in [0.15, 0.2) is 0 Å². The summed E-state index contributed by atoms with van der Waals surface area (Å²) in [6.07, 6.45) is 2.99. The van der Waals surface area contributed by atoms with Crippen LogP contribution in [0.1, 0.15) is 35.6 Å². The van der Waals surface area contributed by atoms with E-state index in [-0.39, 0.29) is 12.0 Å². The standard InChI is InChI=1S/C26H26N2O3/c29-25(28-15-12-26(30,13-16-28)17-19-7-5-6-14-27-19)31-18-24-22-10-3-1-8-20(22)21-9-2-4-11-23(21)24/h1-11,14,24,30H,12-13,15-18H2. The number of aliphatic hydroxyl groups is 1. The predicted molar refractivity (Wildman–Crippen MR) is 119 cm³/mol. The number of hydrogen-bond acceptors (Lipinski definition) is 4. The lowest BCUT2D eigenvalue weighted by molar-refractivity contribution is -0.0206. The van der Waals surface area contributed by atoms with Crippen molar-refractivity contribution in [3.05, 3.63) is 89.7 Å². The Balaban J connectivity index is 1.20. The Kier molecular flexibility index (Phi) is 5.20. The fraction of sp³-hybridized carbons (Fsp3) is 0.308. The van der Waals surface area contributed by atoms with Crippen molar-refractivity contribution in [2.75, 3.05) is 19.7 Å². The number of aromatic nitrogens is 1. The molecule has 3 aromatic rings. The van der Waals surface area contributed by atoms with E-state index < -0.39 is 5.60 Å². The first-order valence-electron chi connectivity index (χ1n) is 10.9. The van der Waals surface area contributed by atoms with Crippen LogP contribution in [0.2, 0.25) is 0 Å². The molecule has 1 amide bonds. The van der Waals surface area contributed by atoms with Gasteiger partial charge >= 0.3 is 6.09 Å². The van der Waals surface area contributed by atoms with E-state index in [1.807, 2.05) is 42.5 Å². The van der Waals surface area contributed by atoms with Gasteiger partial charge in [-0.3, -0.25) is 4.98 Å². The Morgan fingerprint density at radius 1 is 0.968 bits per heavy atom. The SMILES string of the molecule is O=C(OCC1c2ccccc2-c2ccccc21)N1CCC(O)(Cc2ccccn2)CC1. The highest BCUT2D eigenvalue weighted by atomic mass is 16.6. The molecule has 0 saturated carbocycles. The number of nitrogens with zero attached hydrogens (tertiary/aromatic N) is 2. The van der Waals surface area contributed by atoms with Gasteiger partial charge in [0.2, 0.25) is 0 Å². The van der Waals surface area contributed by atoms with E-state index in [1.54, 1.807) is 11.1 Å². The zero-order chi connectivity index (χ0) is 21.3. The topological polar surface area (TPSA) is 62.7 Å². The second-order valence-corrected chi connectivity index (χ2v) is 8.51. The highest BCUT2D eigenvalue weighted by molar-refractivity contribution is 5.79. The maximum Gasteiger partial charge on any atom is 0.409 e. The Bertz CT molecular complexity index is 1030. The number of benzene rings is 2. The van der Waals surface area contributed by atoms with Gasteiger partial charge in [0.25, 0.3) is 0 Å². The molecule has 5 nitrogen and oxygen atoms in total. The zero-order valence-corrected chi connectivity index (χ0v) is 17.4. The van der Waals surface area contributed by atoms with Crippen molar-refractivity contribution in [2.45, 2.75) is 30.8 Å². The molecule has 5 rings (SSSR count). The quantitative estimate of drug-likeness (QED) is 0.687. The molecule has 0 bridgehead atoms. The number of amides is 1. The van der Waals surface area contributed by atoms with Crippen LogP contribution < -0.4 is 0 Å². The molecule has 1 saturated heterocycles. The Hall–Kier alpha value is -3.18. The van der Waals surface area contributed by atoms with Gasteiger partial charge in [-0.15, -0.1) is 0 Å². The molecule has 1 aromatic heterocycles. The highest BCUT2D eigenvalue weighted by Gasteiger charge is 2.36. The van der Waals surface area contributed by atoms with Gasteiger partial charge in [0.05, 0.1) is 5.60 Å². The molecule has 31 heavy (non-hydrogen) atoms. The van der Waals surface area contributed by atoms with Crippen molar-refractivity contribution in [2.24, 2.45) is 0 Å². The number of pyridine rings is 1. The summed E-state index contributed by atoms with van der Waals surface area (Å²) in [5.41, 5.74) is 4.90. The van der Waals surface area contributed by atoms with Gasteiger partial charge in [-0.05, 0) is 47.2 Å². The van der Waals surface area contributed by atoms with E-state index in [2.05, 4.69) is 29.2 Å². The average Bonchev–Trinajstić information content (AvgIpc) is 3.12. The number of carbonyl (C=O) groups excluding carboxylic acids is 1. The summed E-state index contributed by atoms with van der Waals surface area (Å²) in [7, 11) is 0. The number of piperidine rings is 1. The number of rotatable bonds is 4. The van der Waals surface area contributed by atoms with Crippen molar-refractivity contribution >= 4 is 6.09 Å². The van der Waals surface area contributed by atoms with E-state index >= 15 is 0 Å². The first-order valence-corrected chi connectivity index (χ1v) is 10.9. The van der Waals surface area contributed by atoms with Gasteiger partial charge in [0, 0.05) is 37.3 Å². The van der Waals surface area contributed by atoms with Gasteiger partial charge in [-0.1, -0.05) is 54.6 Å². The van der Waals surface area contributed by atoms with Crippen LogP contribution in [0.5, 0.6) is 0 Å². The minimum atomic E-state index is -0.825. The molecule has 0 atom stereocenters. The van der Waals surface area contributed by atoms with Gasteiger partial charge < -0.3 is 14.7 Å². The number of hydrogen-bond donors (Lipinski definition) is 1. The third kappa shape index (κ3) is 3.93. The molecule has 2 aromatic carbocycles. The third-order valence-electron chi connectivity index (χ3n) is 6.52. The molecular weight excluding hydrogens is 388 g/mol. The number of fused-ring (bicyclic) bond motifs is 3. The summed E-state index contributed by atoms with van der Waals surface area (Å²) in [4.78, 5) is 18.8. The van der Waals surface area contributed by atoms with E-state index in [0.29, 0.717) is 39.0 Å². The van der Waals surface area contributed by atoms with Gasteiger partial charge in [0.1, 0.15) is 6.61 Å². The molecule has 0 radical (unpaired) electrons. The summed E-state index contributed by atoms with van der Waals surface area (Å²) in [6.45, 7) is 1.29. The molecule has 1 N–H and O–H groups in total. The maximum atomic E-state index is 12.8. The van der Waals surface area contributed by atoms with Crippen LogP contribution in [-0.4, -0.2) is 46.4 Å². The van der Waals surface area contributed by atoms with Crippen molar-refractivity contribution in [1.82, 2.24) is 9.88 Å². The molecule has 2 aliphatic rings. The van der Waals surface area contributed by atoms with Crippen LogP contribution in [-0.2, 0) is 11.2 Å². The van der Waals surface area contributed by atoms with Crippen LogP contribution in [0.15, 0.2) is 72.9 Å². The summed E-state index contributed by atoms with van der Waals surface area (Å²) in [5, 5.41) is 10.9. The van der Waals surface area contributed by atoms with Gasteiger partial charge in [-0.2, -0.15) is 0 Å². The minimum absolute atomic E-state index is 0.0576. The minimum Gasteiger partial charge on any atom is -0.448 e. The normalized spacial score (nSPS) is 17.1. The Morgan fingerprint density at radius 3 is 2.19 bits per heavy atom. The molecule has 0 unspecified atom stereocenters. The van der Waals surface area contributed by atoms with Gasteiger partial charge in [-0.25, -0.2) is 4.79 Å². The number of ether oxygens (including phenoxy) is 1. The largest absolute Gasteiger partial charge is 0.448 e. The molecule has 2 heterocycles. The van der Waals surface area contributed by atoms with Crippen LogP contribution in [0.3, 0.4) is 0 Å². The lowest BCUT2D eigenvalue weighted by atomic mass is 9.87. The first-order chi connectivity index (χ1) is 15.1. The monoisotopic (exact) mass is 414 g/mol. The Labute approximate surface area is 182 Å². The van der Waals surface area contributed by atoms with Crippen LogP contribution in [0.4, 0.5) is 4.79 Å². The lowest BCUT2D eigenvalue weighted by Gasteiger charge is -2.37. The summed E-state index contributed by atoms with van der Waals surface area (Å²) in [5.74, 6) is 0.0576. The van der Waals surface area contributed by atoms with Crippen LogP contribution >= 0.6 is 0 Å². The van der Waals surface area contributed by atoms with Crippen LogP contribution in [0.25, 0.3) is 11.1 Å². The fourth-order valence-corrected chi connectivity index (χ4v) is 4.81. The Morgan fingerprint density at radius 2 is 1.58 bits per heavy atom. The third-order valence-corrected chi connectivity index (χ3v) is 6.52. The fourth-order valence-electron chi connectivity index (χ4n) is 4.81. The van der Waals surface area contributed by atoms with Crippen molar-refractivity contribution < 1.29 is 14.6 Å².